The lowest BCUT2D eigenvalue weighted by Crippen LogP contribution is -1.95. The highest BCUT2D eigenvalue weighted by Crippen LogP contribution is 2.29. The Morgan fingerprint density at radius 2 is 1.95 bits per heavy atom. The second-order valence-corrected chi connectivity index (χ2v) is 5.78. The Hall–Kier alpha value is -1.46. The van der Waals surface area contributed by atoms with Crippen molar-refractivity contribution in [3.05, 3.63) is 57.9 Å². The molecule has 0 bridgehead atoms. The first kappa shape index (κ1) is 12.6. The zero-order valence-electron chi connectivity index (χ0n) is 9.77. The Labute approximate surface area is 127 Å². The maximum absolute atomic E-state index is 4.35. The normalized spacial score (nSPS) is 10.6. The monoisotopic (exact) mass is 377 g/mol. The summed E-state index contributed by atoms with van der Waals surface area (Å²) in [7, 11) is 0. The van der Waals surface area contributed by atoms with E-state index in [4.69, 9.17) is 0 Å². The molecule has 1 aromatic carbocycles. The summed E-state index contributed by atoms with van der Waals surface area (Å²) in [6.07, 6.45) is 5.40. The van der Waals surface area contributed by atoms with Crippen LogP contribution in [0.4, 0.5) is 11.5 Å². The third-order valence-corrected chi connectivity index (χ3v) is 3.78. The van der Waals surface area contributed by atoms with Gasteiger partial charge in [-0.25, -0.2) is 4.98 Å². The molecule has 3 aromatic rings. The summed E-state index contributed by atoms with van der Waals surface area (Å²) < 4.78 is 1.84. The van der Waals surface area contributed by atoms with Gasteiger partial charge in [0.2, 0.25) is 0 Å². The number of benzene rings is 1. The molecule has 0 atom stereocenters. The number of halogens is 2. The number of aromatic nitrogens is 2. The van der Waals surface area contributed by atoms with Gasteiger partial charge in [0.15, 0.2) is 0 Å². The number of pyridine rings is 2. The molecule has 94 valence electrons. The molecule has 2 aromatic heterocycles. The van der Waals surface area contributed by atoms with E-state index < -0.39 is 0 Å². The van der Waals surface area contributed by atoms with Crippen molar-refractivity contribution in [3.63, 3.8) is 0 Å². The van der Waals surface area contributed by atoms with Crippen LogP contribution in [0.3, 0.4) is 0 Å². The van der Waals surface area contributed by atoms with Gasteiger partial charge in [-0.15, -0.1) is 0 Å². The van der Waals surface area contributed by atoms with Gasteiger partial charge in [0, 0.05) is 34.1 Å². The van der Waals surface area contributed by atoms with Crippen LogP contribution in [0.1, 0.15) is 0 Å². The van der Waals surface area contributed by atoms with Crippen molar-refractivity contribution in [1.29, 1.82) is 0 Å². The van der Waals surface area contributed by atoms with Crippen LogP contribution in [0.2, 0.25) is 0 Å². The third kappa shape index (κ3) is 2.62. The predicted molar refractivity (Wildman–Crippen MR) is 84.7 cm³/mol. The molecule has 0 spiro atoms. The second kappa shape index (κ2) is 5.27. The van der Waals surface area contributed by atoms with Gasteiger partial charge in [-0.3, -0.25) is 4.98 Å². The molecule has 0 fully saturated rings. The van der Waals surface area contributed by atoms with Crippen LogP contribution in [-0.2, 0) is 0 Å². The lowest BCUT2D eigenvalue weighted by Gasteiger charge is -2.10. The van der Waals surface area contributed by atoms with Crippen LogP contribution in [0, 0.1) is 0 Å². The van der Waals surface area contributed by atoms with Crippen LogP contribution >= 0.6 is 31.9 Å². The largest absolute Gasteiger partial charge is 0.339 e. The first-order chi connectivity index (χ1) is 9.24. The summed E-state index contributed by atoms with van der Waals surface area (Å²) in [6.45, 7) is 0. The summed E-state index contributed by atoms with van der Waals surface area (Å²) in [5, 5.41) is 5.54. The van der Waals surface area contributed by atoms with Crippen LogP contribution < -0.4 is 5.32 Å². The van der Waals surface area contributed by atoms with Crippen molar-refractivity contribution in [2.75, 3.05) is 5.32 Å². The van der Waals surface area contributed by atoms with E-state index in [1.165, 1.54) is 0 Å². The molecule has 3 nitrogen and oxygen atoms in total. The third-order valence-electron chi connectivity index (χ3n) is 2.74. The van der Waals surface area contributed by atoms with Crippen molar-refractivity contribution in [3.8, 4) is 0 Å². The number of fused-ring (bicyclic) bond motifs is 1. The van der Waals surface area contributed by atoms with Gasteiger partial charge in [0.05, 0.1) is 4.47 Å². The van der Waals surface area contributed by atoms with Gasteiger partial charge in [-0.2, -0.15) is 0 Å². The zero-order chi connectivity index (χ0) is 13.2. The standard InChI is InChI=1S/C14H9Br2N3/c15-10-6-12(16)14(18-7-10)19-13-3-1-2-9-4-5-17-8-11(9)13/h1-8H,(H,18,19). The SMILES string of the molecule is Brc1cnc(Nc2cccc3ccncc23)c(Br)c1. The number of hydrogen-bond donors (Lipinski definition) is 1. The molecular weight excluding hydrogens is 370 g/mol. The number of hydrogen-bond acceptors (Lipinski definition) is 3. The molecule has 0 aliphatic carbocycles. The van der Waals surface area contributed by atoms with Crippen LogP contribution in [0.25, 0.3) is 10.8 Å². The summed E-state index contributed by atoms with van der Waals surface area (Å²) in [5.41, 5.74) is 0.987. The first-order valence-electron chi connectivity index (χ1n) is 5.65. The molecule has 3 rings (SSSR count). The van der Waals surface area contributed by atoms with Crippen molar-refractivity contribution in [2.24, 2.45) is 0 Å². The quantitative estimate of drug-likeness (QED) is 0.689. The number of nitrogens with zero attached hydrogens (tertiary/aromatic N) is 2. The van der Waals surface area contributed by atoms with E-state index in [1.807, 2.05) is 30.5 Å². The lowest BCUT2D eigenvalue weighted by molar-refractivity contribution is 1.28. The van der Waals surface area contributed by atoms with E-state index in [0.29, 0.717) is 0 Å². The van der Waals surface area contributed by atoms with E-state index in [1.54, 1.807) is 12.4 Å². The first-order valence-corrected chi connectivity index (χ1v) is 7.23. The molecule has 0 saturated heterocycles. The Morgan fingerprint density at radius 1 is 1.05 bits per heavy atom. The average Bonchev–Trinajstić information content (AvgIpc) is 2.42. The van der Waals surface area contributed by atoms with Crippen molar-refractivity contribution >= 4 is 54.1 Å². The van der Waals surface area contributed by atoms with E-state index in [0.717, 1.165) is 31.2 Å². The fraction of sp³-hybridized carbons (Fsp3) is 0. The van der Waals surface area contributed by atoms with Crippen LogP contribution in [0.15, 0.2) is 57.9 Å². The maximum Gasteiger partial charge on any atom is 0.144 e. The zero-order valence-corrected chi connectivity index (χ0v) is 12.9. The molecule has 0 aliphatic rings. The minimum atomic E-state index is 0.777. The maximum atomic E-state index is 4.35. The van der Waals surface area contributed by atoms with Crippen molar-refractivity contribution in [1.82, 2.24) is 9.97 Å². The average molecular weight is 379 g/mol. The summed E-state index contributed by atoms with van der Waals surface area (Å²) in [4.78, 5) is 8.53. The fourth-order valence-corrected chi connectivity index (χ4v) is 2.94. The van der Waals surface area contributed by atoms with Gasteiger partial charge in [-0.1, -0.05) is 12.1 Å². The number of rotatable bonds is 2. The Morgan fingerprint density at radius 3 is 2.79 bits per heavy atom. The van der Waals surface area contributed by atoms with Gasteiger partial charge >= 0.3 is 0 Å². The van der Waals surface area contributed by atoms with Gasteiger partial charge in [-0.05, 0) is 55.4 Å². The predicted octanol–water partition coefficient (Wildman–Crippen LogP) is 4.90. The molecule has 2 heterocycles. The Balaban J connectivity index is 2.06. The van der Waals surface area contributed by atoms with E-state index in [-0.39, 0.29) is 0 Å². The fourth-order valence-electron chi connectivity index (χ4n) is 1.86. The minimum absolute atomic E-state index is 0.777. The summed E-state index contributed by atoms with van der Waals surface area (Å²) in [6, 6.07) is 10.0. The number of nitrogens with one attached hydrogen (secondary N) is 1. The summed E-state index contributed by atoms with van der Waals surface area (Å²) >= 11 is 6.89. The van der Waals surface area contributed by atoms with Gasteiger partial charge in [0.25, 0.3) is 0 Å². The molecule has 19 heavy (non-hydrogen) atoms. The molecular formula is C14H9Br2N3. The Kier molecular flexibility index (Phi) is 3.48. The van der Waals surface area contributed by atoms with Crippen molar-refractivity contribution in [2.45, 2.75) is 0 Å². The molecule has 0 unspecified atom stereocenters. The second-order valence-electron chi connectivity index (χ2n) is 4.01. The lowest BCUT2D eigenvalue weighted by atomic mass is 10.1. The molecule has 0 radical (unpaired) electrons. The molecule has 1 N–H and O–H groups in total. The van der Waals surface area contributed by atoms with Gasteiger partial charge < -0.3 is 5.32 Å². The number of anilines is 2. The minimum Gasteiger partial charge on any atom is -0.339 e. The highest BCUT2D eigenvalue weighted by atomic mass is 79.9. The van der Waals surface area contributed by atoms with Crippen LogP contribution in [-0.4, -0.2) is 9.97 Å². The highest BCUT2D eigenvalue weighted by Gasteiger charge is 2.05. The topological polar surface area (TPSA) is 37.8 Å². The Bertz CT molecular complexity index is 738. The highest BCUT2D eigenvalue weighted by molar-refractivity contribution is 9.11. The van der Waals surface area contributed by atoms with E-state index >= 15 is 0 Å². The van der Waals surface area contributed by atoms with E-state index in [9.17, 15) is 0 Å². The summed E-state index contributed by atoms with van der Waals surface area (Å²) in [5.74, 6) is 0.777. The molecule has 5 heteroatoms. The molecule has 0 amide bonds. The smallest absolute Gasteiger partial charge is 0.144 e. The van der Waals surface area contributed by atoms with E-state index in [2.05, 4.69) is 53.2 Å². The van der Waals surface area contributed by atoms with Crippen molar-refractivity contribution < 1.29 is 0 Å². The molecule has 0 aliphatic heterocycles. The van der Waals surface area contributed by atoms with Gasteiger partial charge in [0.1, 0.15) is 5.82 Å². The van der Waals surface area contributed by atoms with Crippen LogP contribution in [0.5, 0.6) is 0 Å². The molecule has 0 saturated carbocycles.